The van der Waals surface area contributed by atoms with E-state index in [9.17, 15) is 19.5 Å². The van der Waals surface area contributed by atoms with Crippen LogP contribution in [0.25, 0.3) is 0 Å². The minimum atomic E-state index is -1.20. The lowest BCUT2D eigenvalue weighted by Gasteiger charge is -2.37. The van der Waals surface area contributed by atoms with Crippen molar-refractivity contribution in [2.45, 2.75) is 50.7 Å². The van der Waals surface area contributed by atoms with E-state index in [-0.39, 0.29) is 25.8 Å². The number of carbonyl (C=O) groups excluding carboxylic acids is 1. The highest BCUT2D eigenvalue weighted by Gasteiger charge is 2.32. The molecule has 0 bridgehead atoms. The summed E-state index contributed by atoms with van der Waals surface area (Å²) in [5.74, 6) is -2.20. The number of amides is 2. The third-order valence-corrected chi connectivity index (χ3v) is 3.44. The quantitative estimate of drug-likeness (QED) is 0.557. The van der Waals surface area contributed by atoms with Crippen molar-refractivity contribution in [2.24, 2.45) is 0 Å². The van der Waals surface area contributed by atoms with Crippen molar-refractivity contribution in [1.29, 1.82) is 0 Å². The third-order valence-electron chi connectivity index (χ3n) is 3.44. The first-order valence-corrected chi connectivity index (χ1v) is 6.94. The Hall–Kier alpha value is -1.83. The molecule has 1 aliphatic heterocycles. The van der Waals surface area contributed by atoms with Gasteiger partial charge in [-0.2, -0.15) is 0 Å². The van der Waals surface area contributed by atoms with Gasteiger partial charge in [0.1, 0.15) is 6.04 Å². The maximum atomic E-state index is 12.0. The number of carboxylic acids is 2. The van der Waals surface area contributed by atoms with Gasteiger partial charge in [0.25, 0.3) is 0 Å². The van der Waals surface area contributed by atoms with Crippen molar-refractivity contribution >= 4 is 18.0 Å². The highest BCUT2D eigenvalue weighted by atomic mass is 16.4. The van der Waals surface area contributed by atoms with E-state index in [1.54, 1.807) is 6.92 Å². The molecule has 0 aliphatic carbocycles. The normalized spacial score (nSPS) is 23.4. The minimum absolute atomic E-state index is 0.0532. The maximum absolute atomic E-state index is 12.0. The summed E-state index contributed by atoms with van der Waals surface area (Å²) < 4.78 is 0. The first-order valence-electron chi connectivity index (χ1n) is 6.94. The summed E-state index contributed by atoms with van der Waals surface area (Å²) in [6.07, 6.45) is 1.33. The lowest BCUT2D eigenvalue weighted by Crippen LogP contribution is -2.54. The lowest BCUT2D eigenvalue weighted by atomic mass is 9.95. The van der Waals surface area contributed by atoms with Crippen LogP contribution in [0.4, 0.5) is 4.79 Å². The van der Waals surface area contributed by atoms with Crippen LogP contribution in [0.2, 0.25) is 0 Å². The summed E-state index contributed by atoms with van der Waals surface area (Å²) in [5.41, 5.74) is -0.961. The molecular formula is C13H22N2O6. The molecule has 2 atom stereocenters. The average Bonchev–Trinajstić information content (AvgIpc) is 2.35. The second kappa shape index (κ2) is 7.26. The summed E-state index contributed by atoms with van der Waals surface area (Å²) in [7, 11) is 0. The van der Waals surface area contributed by atoms with E-state index in [4.69, 9.17) is 10.2 Å². The van der Waals surface area contributed by atoms with Crippen LogP contribution in [0.15, 0.2) is 0 Å². The number of hydrogen-bond acceptors (Lipinski definition) is 4. The van der Waals surface area contributed by atoms with E-state index in [1.807, 2.05) is 0 Å². The largest absolute Gasteiger partial charge is 0.481 e. The molecule has 4 N–H and O–H groups in total. The number of piperidine rings is 1. The fourth-order valence-electron chi connectivity index (χ4n) is 2.35. The second-order valence-corrected chi connectivity index (χ2v) is 5.65. The molecule has 1 unspecified atom stereocenters. The Labute approximate surface area is 122 Å². The molecule has 1 saturated heterocycles. The van der Waals surface area contributed by atoms with Gasteiger partial charge >= 0.3 is 18.0 Å². The maximum Gasteiger partial charge on any atom is 0.326 e. The smallest absolute Gasteiger partial charge is 0.326 e. The minimum Gasteiger partial charge on any atom is -0.481 e. The first-order chi connectivity index (χ1) is 9.71. The van der Waals surface area contributed by atoms with Crippen LogP contribution in [0.3, 0.4) is 0 Å². The van der Waals surface area contributed by atoms with Crippen molar-refractivity contribution in [2.75, 3.05) is 13.1 Å². The number of hydrogen-bond donors (Lipinski definition) is 4. The molecule has 21 heavy (non-hydrogen) atoms. The molecule has 0 aromatic rings. The third kappa shape index (κ3) is 5.99. The SMILES string of the molecule is CC1(O)CCCN(C(=O)N[C@H](CCCC(=O)O)C(=O)O)C1. The number of urea groups is 1. The number of nitrogens with zero attached hydrogens (tertiary/aromatic N) is 1. The van der Waals surface area contributed by atoms with Gasteiger partial charge in [-0.3, -0.25) is 4.79 Å². The Morgan fingerprint density at radius 1 is 1.33 bits per heavy atom. The molecule has 0 aromatic carbocycles. The molecule has 1 aliphatic rings. The van der Waals surface area contributed by atoms with E-state index < -0.39 is 29.6 Å². The molecule has 2 amide bonds. The number of nitrogens with one attached hydrogen (secondary N) is 1. The van der Waals surface area contributed by atoms with Crippen LogP contribution in [0.1, 0.15) is 39.0 Å². The molecular weight excluding hydrogens is 280 g/mol. The zero-order chi connectivity index (χ0) is 16.0. The van der Waals surface area contributed by atoms with Crippen LogP contribution in [0, 0.1) is 0 Å². The zero-order valence-electron chi connectivity index (χ0n) is 12.0. The Balaban J connectivity index is 2.52. The first kappa shape index (κ1) is 17.2. The molecule has 8 heteroatoms. The highest BCUT2D eigenvalue weighted by molar-refractivity contribution is 5.82. The van der Waals surface area contributed by atoms with Gasteiger partial charge in [0.05, 0.1) is 12.1 Å². The van der Waals surface area contributed by atoms with E-state index in [0.29, 0.717) is 19.4 Å². The number of carbonyl (C=O) groups is 3. The van der Waals surface area contributed by atoms with Gasteiger partial charge in [0, 0.05) is 13.0 Å². The van der Waals surface area contributed by atoms with E-state index in [1.165, 1.54) is 4.90 Å². The number of likely N-dealkylation sites (tertiary alicyclic amines) is 1. The van der Waals surface area contributed by atoms with Crippen molar-refractivity contribution in [3.63, 3.8) is 0 Å². The number of aliphatic carboxylic acids is 2. The standard InChI is InChI=1S/C13H22N2O6/c1-13(21)6-3-7-15(8-13)12(20)14-9(11(18)19)4-2-5-10(16)17/h9,21H,2-8H2,1H3,(H,14,20)(H,16,17)(H,18,19)/t9-,13?/m1/s1. The average molecular weight is 302 g/mol. The molecule has 120 valence electrons. The molecule has 8 nitrogen and oxygen atoms in total. The molecule has 0 radical (unpaired) electrons. The van der Waals surface area contributed by atoms with Crippen molar-refractivity contribution in [1.82, 2.24) is 10.2 Å². The van der Waals surface area contributed by atoms with Gasteiger partial charge in [-0.1, -0.05) is 0 Å². The molecule has 1 rings (SSSR count). The summed E-state index contributed by atoms with van der Waals surface area (Å²) in [4.78, 5) is 34.9. The number of β-amino-alcohol motifs (C(OH)–C–C–N with tert-alkyl or cyclic N) is 1. The van der Waals surface area contributed by atoms with E-state index in [0.717, 1.165) is 0 Å². The van der Waals surface area contributed by atoms with E-state index >= 15 is 0 Å². The predicted molar refractivity (Wildman–Crippen MR) is 72.9 cm³/mol. The van der Waals surface area contributed by atoms with Crippen LogP contribution < -0.4 is 5.32 Å². The molecule has 0 saturated carbocycles. The number of rotatable bonds is 6. The van der Waals surface area contributed by atoms with E-state index in [2.05, 4.69) is 5.32 Å². The van der Waals surface area contributed by atoms with Gasteiger partial charge < -0.3 is 25.5 Å². The zero-order valence-corrected chi connectivity index (χ0v) is 12.0. The second-order valence-electron chi connectivity index (χ2n) is 5.65. The van der Waals surface area contributed by atoms with Gasteiger partial charge in [0.2, 0.25) is 0 Å². The van der Waals surface area contributed by atoms with Gasteiger partial charge in [0.15, 0.2) is 0 Å². The lowest BCUT2D eigenvalue weighted by molar-refractivity contribution is -0.140. The molecule has 1 heterocycles. The topological polar surface area (TPSA) is 127 Å². The summed E-state index contributed by atoms with van der Waals surface area (Å²) >= 11 is 0. The van der Waals surface area contributed by atoms with Crippen molar-refractivity contribution in [3.8, 4) is 0 Å². The highest BCUT2D eigenvalue weighted by Crippen LogP contribution is 2.20. The number of carboxylic acid groups (broad SMARTS) is 2. The van der Waals surface area contributed by atoms with Crippen molar-refractivity contribution in [3.05, 3.63) is 0 Å². The fraction of sp³-hybridized carbons (Fsp3) is 0.769. The monoisotopic (exact) mass is 302 g/mol. The predicted octanol–water partition coefficient (Wildman–Crippen LogP) is 0.251. The number of aliphatic hydroxyl groups is 1. The van der Waals surface area contributed by atoms with Crippen LogP contribution in [-0.4, -0.2) is 62.9 Å². The van der Waals surface area contributed by atoms with Gasteiger partial charge in [-0.15, -0.1) is 0 Å². The Bertz CT molecular complexity index is 409. The summed E-state index contributed by atoms with van der Waals surface area (Å²) in [6.45, 7) is 2.25. The van der Waals surface area contributed by atoms with Gasteiger partial charge in [-0.05, 0) is 32.6 Å². The van der Waals surface area contributed by atoms with Crippen LogP contribution >= 0.6 is 0 Å². The Kier molecular flexibility index (Phi) is 5.95. The van der Waals surface area contributed by atoms with Crippen LogP contribution in [-0.2, 0) is 9.59 Å². The summed E-state index contributed by atoms with van der Waals surface area (Å²) in [5, 5.41) is 29.9. The molecule has 0 spiro atoms. The Morgan fingerprint density at radius 2 is 2.00 bits per heavy atom. The van der Waals surface area contributed by atoms with Gasteiger partial charge in [-0.25, -0.2) is 9.59 Å². The molecule has 0 aromatic heterocycles. The Morgan fingerprint density at radius 3 is 2.52 bits per heavy atom. The van der Waals surface area contributed by atoms with Crippen LogP contribution in [0.5, 0.6) is 0 Å². The fourth-order valence-corrected chi connectivity index (χ4v) is 2.35. The van der Waals surface area contributed by atoms with Crippen molar-refractivity contribution < 1.29 is 29.7 Å². The molecule has 1 fully saturated rings. The summed E-state index contributed by atoms with van der Waals surface area (Å²) in [6, 6.07) is -1.67.